The summed E-state index contributed by atoms with van der Waals surface area (Å²) in [6, 6.07) is 7.62. The van der Waals surface area contributed by atoms with Gasteiger partial charge in [-0.15, -0.1) is 0 Å². The lowest BCUT2D eigenvalue weighted by molar-refractivity contribution is 0.174. The van der Waals surface area contributed by atoms with Crippen LogP contribution in [0.5, 0.6) is 0 Å². The molecular formula is C17H22N4O2S. The Morgan fingerprint density at radius 1 is 1.00 bits per heavy atom. The van der Waals surface area contributed by atoms with E-state index >= 15 is 0 Å². The molecule has 2 aromatic rings. The fourth-order valence-corrected chi connectivity index (χ4v) is 6.01. The zero-order valence-electron chi connectivity index (χ0n) is 13.7. The van der Waals surface area contributed by atoms with E-state index in [9.17, 15) is 8.42 Å². The number of hydrogen-bond acceptors (Lipinski definition) is 4. The molecule has 2 unspecified atom stereocenters. The lowest BCUT2D eigenvalue weighted by atomic mass is 10.0. The van der Waals surface area contributed by atoms with Crippen LogP contribution in [0.15, 0.2) is 41.6 Å². The summed E-state index contributed by atoms with van der Waals surface area (Å²) in [5.41, 5.74) is 1.15. The van der Waals surface area contributed by atoms with E-state index in [1.54, 1.807) is 33.6 Å². The van der Waals surface area contributed by atoms with Crippen molar-refractivity contribution >= 4 is 10.0 Å². The van der Waals surface area contributed by atoms with Crippen LogP contribution in [-0.2, 0) is 16.4 Å². The number of fused-ring (bicyclic) bond motifs is 2. The van der Waals surface area contributed by atoms with Gasteiger partial charge in [-0.1, -0.05) is 19.1 Å². The minimum absolute atomic E-state index is 0.0515. The second-order valence-electron chi connectivity index (χ2n) is 6.69. The van der Waals surface area contributed by atoms with Gasteiger partial charge < -0.3 is 0 Å². The molecule has 6 nitrogen and oxygen atoms in total. The fraction of sp³-hybridized carbons (Fsp3) is 0.529. The largest absolute Gasteiger partial charge is 0.243 e. The highest BCUT2D eigenvalue weighted by Crippen LogP contribution is 2.43. The average Bonchev–Trinajstić information content (AvgIpc) is 3.22. The molecule has 2 atom stereocenters. The van der Waals surface area contributed by atoms with E-state index in [2.05, 4.69) is 17.1 Å². The number of piperidine rings is 1. The molecule has 0 N–H and O–H groups in total. The van der Waals surface area contributed by atoms with Crippen LogP contribution in [0.25, 0.3) is 0 Å². The summed E-state index contributed by atoms with van der Waals surface area (Å²) < 4.78 is 28.0. The van der Waals surface area contributed by atoms with Crippen molar-refractivity contribution < 1.29 is 8.42 Å². The van der Waals surface area contributed by atoms with Crippen LogP contribution in [0.1, 0.15) is 44.2 Å². The van der Waals surface area contributed by atoms with Gasteiger partial charge in [0, 0.05) is 12.1 Å². The summed E-state index contributed by atoms with van der Waals surface area (Å²) >= 11 is 0. The molecule has 0 saturated carbocycles. The van der Waals surface area contributed by atoms with E-state index in [0.29, 0.717) is 4.90 Å². The number of aryl methyl sites for hydroxylation is 1. The zero-order valence-corrected chi connectivity index (χ0v) is 14.6. The van der Waals surface area contributed by atoms with Crippen molar-refractivity contribution in [2.24, 2.45) is 0 Å². The highest BCUT2D eigenvalue weighted by molar-refractivity contribution is 7.89. The standard InChI is InChI=1S/C17H22N4O2S/c1-2-13-3-7-17(8-4-13)24(22,23)20-14-5-6-15(20)12-16(11-14)21-18-9-10-19-21/h3-4,7-10,14-16H,2,5-6,11-12H2,1H3. The number of sulfonamides is 1. The smallest absolute Gasteiger partial charge is 0.207 e. The Morgan fingerprint density at radius 3 is 2.12 bits per heavy atom. The second kappa shape index (κ2) is 5.97. The molecule has 2 saturated heterocycles. The molecule has 2 aliphatic heterocycles. The van der Waals surface area contributed by atoms with Crippen molar-refractivity contribution in [3.05, 3.63) is 42.2 Å². The summed E-state index contributed by atoms with van der Waals surface area (Å²) in [6.07, 6.45) is 7.70. The van der Waals surface area contributed by atoms with Crippen LogP contribution >= 0.6 is 0 Å². The van der Waals surface area contributed by atoms with Crippen LogP contribution in [0.3, 0.4) is 0 Å². The molecule has 128 valence electrons. The van der Waals surface area contributed by atoms with Crippen molar-refractivity contribution in [1.82, 2.24) is 19.3 Å². The maximum Gasteiger partial charge on any atom is 0.243 e. The molecule has 4 rings (SSSR count). The van der Waals surface area contributed by atoms with Crippen LogP contribution in [0.4, 0.5) is 0 Å². The Balaban J connectivity index is 1.60. The molecule has 1 aromatic heterocycles. The molecule has 3 heterocycles. The molecule has 0 amide bonds. The van der Waals surface area contributed by atoms with E-state index in [1.165, 1.54) is 0 Å². The van der Waals surface area contributed by atoms with Gasteiger partial charge in [-0.2, -0.15) is 19.3 Å². The van der Waals surface area contributed by atoms with E-state index in [0.717, 1.165) is 37.7 Å². The van der Waals surface area contributed by atoms with E-state index < -0.39 is 10.0 Å². The van der Waals surface area contributed by atoms with E-state index in [-0.39, 0.29) is 18.1 Å². The number of rotatable bonds is 4. The molecule has 0 radical (unpaired) electrons. The van der Waals surface area contributed by atoms with Crippen LogP contribution < -0.4 is 0 Å². The van der Waals surface area contributed by atoms with Crippen LogP contribution in [0, 0.1) is 0 Å². The first-order chi connectivity index (χ1) is 11.6. The predicted molar refractivity (Wildman–Crippen MR) is 89.9 cm³/mol. The number of benzene rings is 1. The van der Waals surface area contributed by atoms with Gasteiger partial charge in [0.15, 0.2) is 0 Å². The Labute approximate surface area is 142 Å². The summed E-state index contributed by atoms with van der Waals surface area (Å²) in [5, 5.41) is 8.48. The second-order valence-corrected chi connectivity index (χ2v) is 8.54. The number of hydrogen-bond donors (Lipinski definition) is 0. The Hall–Kier alpha value is -1.73. The van der Waals surface area contributed by atoms with Gasteiger partial charge in [-0.05, 0) is 49.8 Å². The van der Waals surface area contributed by atoms with Gasteiger partial charge in [0.2, 0.25) is 10.0 Å². The summed E-state index contributed by atoms with van der Waals surface area (Å²) in [5.74, 6) is 0. The minimum atomic E-state index is -3.43. The fourth-order valence-electron chi connectivity index (χ4n) is 4.12. The predicted octanol–water partition coefficient (Wildman–Crippen LogP) is 2.40. The average molecular weight is 346 g/mol. The van der Waals surface area contributed by atoms with E-state index in [1.807, 2.05) is 12.1 Å². The number of nitrogens with zero attached hydrogens (tertiary/aromatic N) is 4. The normalized spacial score (nSPS) is 27.5. The van der Waals surface area contributed by atoms with Crippen molar-refractivity contribution in [1.29, 1.82) is 0 Å². The summed E-state index contributed by atoms with van der Waals surface area (Å²) in [7, 11) is -3.43. The third-order valence-electron chi connectivity index (χ3n) is 5.31. The lowest BCUT2D eigenvalue weighted by Crippen LogP contribution is -2.47. The first-order valence-corrected chi connectivity index (χ1v) is 10.0. The molecular weight excluding hydrogens is 324 g/mol. The summed E-state index contributed by atoms with van der Waals surface area (Å²) in [6.45, 7) is 2.07. The molecule has 0 aliphatic carbocycles. The summed E-state index contributed by atoms with van der Waals surface area (Å²) in [4.78, 5) is 2.15. The SMILES string of the molecule is CCc1ccc(S(=O)(=O)N2C3CCC2CC(n2nccn2)C3)cc1. The Kier molecular flexibility index (Phi) is 3.92. The minimum Gasteiger partial charge on any atom is -0.207 e. The third kappa shape index (κ3) is 2.56. The lowest BCUT2D eigenvalue weighted by Gasteiger charge is -2.37. The van der Waals surface area contributed by atoms with Crippen molar-refractivity contribution in [3.63, 3.8) is 0 Å². The van der Waals surface area contributed by atoms with Gasteiger partial charge in [0.25, 0.3) is 0 Å². The van der Waals surface area contributed by atoms with Crippen molar-refractivity contribution in [3.8, 4) is 0 Å². The number of aromatic nitrogens is 3. The zero-order chi connectivity index (χ0) is 16.7. The van der Waals surface area contributed by atoms with Crippen LogP contribution in [0.2, 0.25) is 0 Å². The highest BCUT2D eigenvalue weighted by Gasteiger charge is 2.47. The molecule has 1 aromatic carbocycles. The van der Waals surface area contributed by atoms with Gasteiger partial charge >= 0.3 is 0 Å². The Morgan fingerprint density at radius 2 is 1.58 bits per heavy atom. The molecule has 24 heavy (non-hydrogen) atoms. The van der Waals surface area contributed by atoms with Gasteiger partial charge in [0.05, 0.1) is 23.3 Å². The highest BCUT2D eigenvalue weighted by atomic mass is 32.2. The monoisotopic (exact) mass is 346 g/mol. The first-order valence-electron chi connectivity index (χ1n) is 8.58. The molecule has 2 bridgehead atoms. The van der Waals surface area contributed by atoms with Gasteiger partial charge in [-0.25, -0.2) is 8.42 Å². The quantitative estimate of drug-likeness (QED) is 0.852. The first kappa shape index (κ1) is 15.8. The van der Waals surface area contributed by atoms with Gasteiger partial charge in [0.1, 0.15) is 0 Å². The molecule has 2 fully saturated rings. The van der Waals surface area contributed by atoms with Gasteiger partial charge in [-0.3, -0.25) is 0 Å². The molecule has 0 spiro atoms. The van der Waals surface area contributed by atoms with Crippen molar-refractivity contribution in [2.45, 2.75) is 62.0 Å². The topological polar surface area (TPSA) is 68.1 Å². The third-order valence-corrected chi connectivity index (χ3v) is 7.33. The molecule has 2 aliphatic rings. The maximum absolute atomic E-state index is 13.1. The Bertz CT molecular complexity index is 788. The van der Waals surface area contributed by atoms with E-state index in [4.69, 9.17) is 0 Å². The molecule has 7 heteroatoms. The van der Waals surface area contributed by atoms with Crippen LogP contribution in [-0.4, -0.2) is 39.8 Å². The van der Waals surface area contributed by atoms with Crippen molar-refractivity contribution in [2.75, 3.05) is 0 Å². The maximum atomic E-state index is 13.1.